The summed E-state index contributed by atoms with van der Waals surface area (Å²) >= 11 is 0. The summed E-state index contributed by atoms with van der Waals surface area (Å²) in [5, 5.41) is 6.96. The lowest BCUT2D eigenvalue weighted by atomic mass is 9.94. The molecule has 0 saturated carbocycles. The Morgan fingerprint density at radius 2 is 1.97 bits per heavy atom. The van der Waals surface area contributed by atoms with Crippen LogP contribution < -0.4 is 5.32 Å². The molecule has 174 valence electrons. The maximum absolute atomic E-state index is 12.6. The number of nitrogens with one attached hydrogen (secondary N) is 1. The molecule has 1 N–H and O–H groups in total. The highest BCUT2D eigenvalue weighted by atomic mass is 127. The molecular formula is C19H31IN6O4S. The summed E-state index contributed by atoms with van der Waals surface area (Å²) in [6.45, 7) is 11.1. The lowest BCUT2D eigenvalue weighted by molar-refractivity contribution is 0.259. The molecule has 31 heavy (non-hydrogen) atoms. The molecule has 10 nitrogen and oxygen atoms in total. The molecule has 0 bridgehead atoms. The number of hydrogen-bond donors (Lipinski definition) is 1. The summed E-state index contributed by atoms with van der Waals surface area (Å²) in [5.41, 5.74) is 0.306. The van der Waals surface area contributed by atoms with Crippen molar-refractivity contribution in [1.29, 1.82) is 0 Å². The first-order valence-corrected chi connectivity index (χ1v) is 11.7. The van der Waals surface area contributed by atoms with E-state index in [0.29, 0.717) is 50.9 Å². The first-order chi connectivity index (χ1) is 14.2. The molecule has 1 aliphatic rings. The van der Waals surface area contributed by atoms with Gasteiger partial charge in [0.15, 0.2) is 5.96 Å². The third-order valence-electron chi connectivity index (χ3n) is 4.74. The van der Waals surface area contributed by atoms with E-state index < -0.39 is 10.0 Å². The van der Waals surface area contributed by atoms with Gasteiger partial charge in [-0.15, -0.1) is 24.0 Å². The number of rotatable bonds is 6. The molecule has 0 aromatic carbocycles. The van der Waals surface area contributed by atoms with Crippen molar-refractivity contribution >= 4 is 40.0 Å². The van der Waals surface area contributed by atoms with Gasteiger partial charge in [0.25, 0.3) is 0 Å². The normalized spacial score (nSPS) is 16.3. The van der Waals surface area contributed by atoms with Crippen LogP contribution in [0.3, 0.4) is 0 Å². The number of aliphatic imine (C=N–C) groups is 1. The largest absolute Gasteiger partial charge is 0.443 e. The van der Waals surface area contributed by atoms with E-state index in [-0.39, 0.29) is 35.1 Å². The highest BCUT2D eigenvalue weighted by molar-refractivity contribution is 14.0. The highest BCUT2D eigenvalue weighted by Gasteiger charge is 2.29. The van der Waals surface area contributed by atoms with Crippen molar-refractivity contribution in [2.75, 3.05) is 32.7 Å². The number of piperazine rings is 1. The fourth-order valence-electron chi connectivity index (χ4n) is 3.07. The van der Waals surface area contributed by atoms with Crippen molar-refractivity contribution in [3.63, 3.8) is 0 Å². The van der Waals surface area contributed by atoms with Crippen LogP contribution in [0.4, 0.5) is 0 Å². The first kappa shape index (κ1) is 25.6. The molecule has 0 amide bonds. The third-order valence-corrected chi connectivity index (χ3v) is 6.56. The van der Waals surface area contributed by atoms with Crippen LogP contribution in [0.2, 0.25) is 0 Å². The van der Waals surface area contributed by atoms with Crippen molar-refractivity contribution in [2.45, 2.75) is 45.4 Å². The smallest absolute Gasteiger partial charge is 0.220 e. The van der Waals surface area contributed by atoms with Gasteiger partial charge in [-0.25, -0.2) is 18.4 Å². The predicted octanol–water partition coefficient (Wildman–Crippen LogP) is 2.19. The lowest BCUT2D eigenvalue weighted by Crippen LogP contribution is -2.53. The van der Waals surface area contributed by atoms with E-state index in [4.69, 9.17) is 8.94 Å². The van der Waals surface area contributed by atoms with E-state index in [1.54, 1.807) is 12.3 Å². The Hall–Kier alpha value is -1.67. The number of aromatic nitrogens is 2. The molecule has 0 unspecified atom stereocenters. The summed E-state index contributed by atoms with van der Waals surface area (Å²) in [6, 6.07) is 1.57. The second-order valence-electron chi connectivity index (χ2n) is 8.17. The Morgan fingerprint density at radius 1 is 1.26 bits per heavy atom. The Morgan fingerprint density at radius 3 is 2.52 bits per heavy atom. The second-order valence-corrected chi connectivity index (χ2v) is 10.1. The minimum atomic E-state index is -3.44. The molecule has 0 spiro atoms. The minimum Gasteiger partial charge on any atom is -0.443 e. The number of hydrogen-bond acceptors (Lipinski definition) is 7. The van der Waals surface area contributed by atoms with Gasteiger partial charge in [0.05, 0.1) is 11.9 Å². The van der Waals surface area contributed by atoms with Crippen LogP contribution in [0.25, 0.3) is 0 Å². The molecule has 0 radical (unpaired) electrons. The van der Waals surface area contributed by atoms with Crippen LogP contribution in [0.5, 0.6) is 0 Å². The number of nitrogens with zero attached hydrogens (tertiary/aromatic N) is 5. The van der Waals surface area contributed by atoms with Crippen LogP contribution in [0, 0.1) is 0 Å². The number of guanidine groups is 1. The zero-order valence-corrected chi connectivity index (χ0v) is 21.5. The zero-order chi connectivity index (χ0) is 21.8. The van der Waals surface area contributed by atoms with Gasteiger partial charge in [0.2, 0.25) is 15.9 Å². The molecule has 2 aromatic rings. The molecule has 1 aliphatic heterocycles. The van der Waals surface area contributed by atoms with Gasteiger partial charge in [0, 0.05) is 44.2 Å². The van der Waals surface area contributed by atoms with Crippen LogP contribution >= 0.6 is 24.0 Å². The van der Waals surface area contributed by atoms with Gasteiger partial charge in [-0.05, 0) is 6.92 Å². The van der Waals surface area contributed by atoms with E-state index in [1.165, 1.54) is 10.6 Å². The molecule has 3 heterocycles. The van der Waals surface area contributed by atoms with Crippen LogP contribution in [0.15, 0.2) is 32.5 Å². The SMILES string of the molecule is CCNC(=NCc1ncc(C(C)(C)C)o1)N1CCN(S(=O)(=O)Cc2ccon2)CC1.I. The standard InChI is InChI=1S/C19H30N6O4S.HI/c1-5-20-18(22-13-17-21-12-16(29-17)19(2,3)4)24-7-9-25(10-8-24)30(26,27)14-15-6-11-28-23-15;/h6,11-12H,5,7-10,13-14H2,1-4H3,(H,20,22);1H. The predicted molar refractivity (Wildman–Crippen MR) is 128 cm³/mol. The van der Waals surface area contributed by atoms with Crippen LogP contribution in [-0.2, 0) is 27.7 Å². The number of oxazole rings is 1. The quantitative estimate of drug-likeness (QED) is 0.322. The lowest BCUT2D eigenvalue weighted by Gasteiger charge is -2.35. The maximum Gasteiger partial charge on any atom is 0.220 e. The van der Waals surface area contributed by atoms with Crippen molar-refractivity contribution in [2.24, 2.45) is 4.99 Å². The highest BCUT2D eigenvalue weighted by Crippen LogP contribution is 2.23. The summed E-state index contributed by atoms with van der Waals surface area (Å²) in [6.07, 6.45) is 3.12. The fourth-order valence-corrected chi connectivity index (χ4v) is 4.49. The van der Waals surface area contributed by atoms with Gasteiger partial charge in [-0.1, -0.05) is 25.9 Å². The van der Waals surface area contributed by atoms with Crippen LogP contribution in [-0.4, -0.2) is 66.4 Å². The molecule has 3 rings (SSSR count). The van der Waals surface area contributed by atoms with Gasteiger partial charge in [-0.3, -0.25) is 0 Å². The van der Waals surface area contributed by atoms with Crippen LogP contribution in [0.1, 0.15) is 45.0 Å². The molecule has 2 aromatic heterocycles. The van der Waals surface area contributed by atoms with Gasteiger partial charge in [-0.2, -0.15) is 4.31 Å². The molecule has 0 atom stereocenters. The zero-order valence-electron chi connectivity index (χ0n) is 18.4. The Bertz CT molecular complexity index is 944. The topological polar surface area (TPSA) is 117 Å². The monoisotopic (exact) mass is 566 g/mol. The number of halogens is 1. The van der Waals surface area contributed by atoms with E-state index in [2.05, 4.69) is 46.1 Å². The molecule has 12 heteroatoms. The summed E-state index contributed by atoms with van der Waals surface area (Å²) in [4.78, 5) is 11.0. The van der Waals surface area contributed by atoms with Crippen molar-refractivity contribution in [1.82, 2.24) is 24.7 Å². The van der Waals surface area contributed by atoms with Crippen molar-refractivity contribution in [3.05, 3.63) is 35.9 Å². The summed E-state index contributed by atoms with van der Waals surface area (Å²) in [7, 11) is -3.44. The van der Waals surface area contributed by atoms with Gasteiger partial charge >= 0.3 is 0 Å². The average molecular weight is 566 g/mol. The third kappa shape index (κ3) is 6.91. The van der Waals surface area contributed by atoms with Crippen molar-refractivity contribution in [3.8, 4) is 0 Å². The minimum absolute atomic E-state index is 0. The summed E-state index contributed by atoms with van der Waals surface area (Å²) in [5.74, 6) is 1.95. The Labute approximate surface area is 200 Å². The van der Waals surface area contributed by atoms with E-state index in [1.807, 2.05) is 6.92 Å². The molecule has 1 saturated heterocycles. The van der Waals surface area contributed by atoms with Crippen molar-refractivity contribution < 1.29 is 17.4 Å². The Kier molecular flexibility index (Phi) is 8.89. The second kappa shape index (κ2) is 10.8. The Balaban J connectivity index is 0.00000341. The molecule has 0 aliphatic carbocycles. The molecular weight excluding hydrogens is 535 g/mol. The fraction of sp³-hybridized carbons (Fsp3) is 0.632. The maximum atomic E-state index is 12.6. The van der Waals surface area contributed by atoms with Gasteiger partial charge in [0.1, 0.15) is 24.3 Å². The van der Waals surface area contributed by atoms with E-state index in [0.717, 1.165) is 11.7 Å². The summed E-state index contributed by atoms with van der Waals surface area (Å²) < 4.78 is 37.2. The average Bonchev–Trinajstić information content (AvgIpc) is 3.36. The van der Waals surface area contributed by atoms with Gasteiger partial charge < -0.3 is 19.2 Å². The van der Waals surface area contributed by atoms with E-state index in [9.17, 15) is 8.42 Å². The number of sulfonamides is 1. The van der Waals surface area contributed by atoms with E-state index >= 15 is 0 Å². The molecule has 1 fully saturated rings. The first-order valence-electron chi connectivity index (χ1n) is 10.0.